The first kappa shape index (κ1) is 17.5. The van der Waals surface area contributed by atoms with Gasteiger partial charge in [-0.3, -0.25) is 0 Å². The summed E-state index contributed by atoms with van der Waals surface area (Å²) in [7, 11) is 0. The van der Waals surface area contributed by atoms with E-state index in [1.54, 1.807) is 16.6 Å². The number of thioether (sulfide) groups is 1. The van der Waals surface area contributed by atoms with Gasteiger partial charge < -0.3 is 0 Å². The van der Waals surface area contributed by atoms with E-state index in [1.165, 1.54) is 11.1 Å². The number of tetrazole rings is 1. The first-order valence-corrected chi connectivity index (χ1v) is 9.83. The molecule has 7 heteroatoms. The number of benzene rings is 2. The molecule has 0 fully saturated rings. The monoisotopic (exact) mass is 376 g/mol. The molecule has 4 rings (SSSR count). The van der Waals surface area contributed by atoms with E-state index in [1.807, 2.05) is 36.0 Å². The Morgan fingerprint density at radius 1 is 1.00 bits per heavy atom. The minimum atomic E-state index is 0.604. The van der Waals surface area contributed by atoms with Crippen molar-refractivity contribution in [3.05, 3.63) is 71.9 Å². The Labute approximate surface area is 162 Å². The summed E-state index contributed by atoms with van der Waals surface area (Å²) >= 11 is 1.73. The van der Waals surface area contributed by atoms with Crippen LogP contribution in [0.2, 0.25) is 0 Å². The molecular weight excluding hydrogens is 356 g/mol. The first-order valence-electron chi connectivity index (χ1n) is 8.85. The molecule has 2 aromatic heterocycles. The average molecular weight is 376 g/mol. The summed E-state index contributed by atoms with van der Waals surface area (Å²) in [5.41, 5.74) is 4.39. The van der Waals surface area contributed by atoms with E-state index >= 15 is 0 Å². The van der Waals surface area contributed by atoms with E-state index in [0.717, 1.165) is 22.0 Å². The molecule has 0 saturated carbocycles. The van der Waals surface area contributed by atoms with E-state index < -0.39 is 0 Å². The minimum Gasteiger partial charge on any atom is -0.226 e. The van der Waals surface area contributed by atoms with E-state index in [4.69, 9.17) is 0 Å². The second-order valence-electron chi connectivity index (χ2n) is 6.14. The van der Waals surface area contributed by atoms with Crippen LogP contribution in [-0.4, -0.2) is 30.0 Å². The molecule has 6 nitrogen and oxygen atoms in total. The lowest BCUT2D eigenvalue weighted by Crippen LogP contribution is -2.01. The van der Waals surface area contributed by atoms with Crippen LogP contribution in [0.3, 0.4) is 0 Å². The predicted molar refractivity (Wildman–Crippen MR) is 107 cm³/mol. The quantitative estimate of drug-likeness (QED) is 0.473. The lowest BCUT2D eigenvalue weighted by molar-refractivity contribution is 0.552. The maximum absolute atomic E-state index is 4.65. The molecule has 0 spiro atoms. The second-order valence-corrected chi connectivity index (χ2v) is 7.10. The fourth-order valence-electron chi connectivity index (χ4n) is 2.81. The van der Waals surface area contributed by atoms with E-state index in [2.05, 4.69) is 63.8 Å². The number of hydrogen-bond donors (Lipinski definition) is 0. The van der Waals surface area contributed by atoms with Crippen molar-refractivity contribution in [2.45, 2.75) is 31.2 Å². The van der Waals surface area contributed by atoms with Gasteiger partial charge in [0.15, 0.2) is 0 Å². The summed E-state index contributed by atoms with van der Waals surface area (Å²) in [6, 6.07) is 18.6. The molecule has 0 amide bonds. The van der Waals surface area contributed by atoms with Gasteiger partial charge >= 0.3 is 0 Å². The molecule has 0 unspecified atom stereocenters. The Balaban J connectivity index is 1.76. The van der Waals surface area contributed by atoms with Crippen molar-refractivity contribution in [3.63, 3.8) is 0 Å². The number of para-hydroxylation sites is 1. The molecule has 0 saturated heterocycles. The van der Waals surface area contributed by atoms with Gasteiger partial charge in [-0.1, -0.05) is 48.5 Å². The SMILES string of the molecule is CCn1nnc(-c2cnn(-c3ccccc3C)c2SCc2ccccc2)n1. The summed E-state index contributed by atoms with van der Waals surface area (Å²) in [4.78, 5) is 1.59. The third-order valence-electron chi connectivity index (χ3n) is 4.26. The maximum atomic E-state index is 4.65. The lowest BCUT2D eigenvalue weighted by Gasteiger charge is -2.11. The molecule has 0 bridgehead atoms. The molecule has 2 aromatic carbocycles. The van der Waals surface area contributed by atoms with Crippen molar-refractivity contribution >= 4 is 11.8 Å². The molecule has 2 heterocycles. The van der Waals surface area contributed by atoms with Crippen LogP contribution in [0.1, 0.15) is 18.1 Å². The zero-order chi connectivity index (χ0) is 18.6. The van der Waals surface area contributed by atoms with Crippen LogP contribution in [-0.2, 0) is 12.3 Å². The second kappa shape index (κ2) is 7.75. The maximum Gasteiger partial charge on any atom is 0.209 e. The van der Waals surface area contributed by atoms with Gasteiger partial charge in [0.05, 0.1) is 24.0 Å². The number of hydrogen-bond acceptors (Lipinski definition) is 5. The van der Waals surface area contributed by atoms with E-state index in [-0.39, 0.29) is 0 Å². The highest BCUT2D eigenvalue weighted by atomic mass is 32.2. The van der Waals surface area contributed by atoms with Gasteiger partial charge in [0.25, 0.3) is 0 Å². The van der Waals surface area contributed by atoms with Crippen molar-refractivity contribution in [1.29, 1.82) is 0 Å². The van der Waals surface area contributed by atoms with E-state index in [0.29, 0.717) is 12.4 Å². The van der Waals surface area contributed by atoms with Crippen molar-refractivity contribution in [3.8, 4) is 17.1 Å². The van der Waals surface area contributed by atoms with Gasteiger partial charge in [0.1, 0.15) is 5.03 Å². The smallest absolute Gasteiger partial charge is 0.209 e. The van der Waals surface area contributed by atoms with Crippen molar-refractivity contribution in [2.24, 2.45) is 0 Å². The van der Waals surface area contributed by atoms with Gasteiger partial charge in [-0.2, -0.15) is 9.90 Å². The third-order valence-corrected chi connectivity index (χ3v) is 5.41. The van der Waals surface area contributed by atoms with Gasteiger partial charge in [0.2, 0.25) is 5.82 Å². The van der Waals surface area contributed by atoms with E-state index in [9.17, 15) is 0 Å². The van der Waals surface area contributed by atoms with Crippen molar-refractivity contribution in [1.82, 2.24) is 30.0 Å². The Kier molecular flexibility index (Phi) is 5.02. The summed E-state index contributed by atoms with van der Waals surface area (Å²) in [6.07, 6.45) is 1.83. The fourth-order valence-corrected chi connectivity index (χ4v) is 3.88. The highest BCUT2D eigenvalue weighted by Gasteiger charge is 2.19. The molecule has 0 aliphatic carbocycles. The van der Waals surface area contributed by atoms with Crippen LogP contribution in [0.4, 0.5) is 0 Å². The van der Waals surface area contributed by atoms with Crippen molar-refractivity contribution < 1.29 is 0 Å². The zero-order valence-electron chi connectivity index (χ0n) is 15.3. The highest BCUT2D eigenvalue weighted by Crippen LogP contribution is 2.34. The van der Waals surface area contributed by atoms with Gasteiger partial charge in [-0.15, -0.1) is 22.0 Å². The van der Waals surface area contributed by atoms with Crippen LogP contribution in [0.5, 0.6) is 0 Å². The standard InChI is InChI=1S/C20H20N6S/c1-3-25-23-19(22-24-25)17-13-21-26(18-12-8-7-9-15(18)2)20(17)27-14-16-10-5-4-6-11-16/h4-13H,3,14H2,1-2H3. The van der Waals surface area contributed by atoms with Crippen LogP contribution in [0, 0.1) is 6.92 Å². The molecule has 136 valence electrons. The highest BCUT2D eigenvalue weighted by molar-refractivity contribution is 7.98. The lowest BCUT2D eigenvalue weighted by atomic mass is 10.2. The van der Waals surface area contributed by atoms with Crippen LogP contribution in [0.25, 0.3) is 17.1 Å². The van der Waals surface area contributed by atoms with Crippen LogP contribution in [0.15, 0.2) is 65.8 Å². The Morgan fingerprint density at radius 2 is 1.78 bits per heavy atom. The zero-order valence-corrected chi connectivity index (χ0v) is 16.1. The van der Waals surface area contributed by atoms with Gasteiger partial charge in [-0.25, -0.2) is 4.68 Å². The molecule has 27 heavy (non-hydrogen) atoms. The van der Waals surface area contributed by atoms with Crippen molar-refractivity contribution in [2.75, 3.05) is 0 Å². The molecule has 0 radical (unpaired) electrons. The van der Waals surface area contributed by atoms with Gasteiger partial charge in [-0.05, 0) is 36.3 Å². The number of aryl methyl sites for hydroxylation is 2. The minimum absolute atomic E-state index is 0.604. The molecule has 4 aromatic rings. The molecule has 0 aliphatic heterocycles. The molecule has 0 N–H and O–H groups in total. The summed E-state index contributed by atoms with van der Waals surface area (Å²) in [5, 5.41) is 18.5. The number of nitrogens with zero attached hydrogens (tertiary/aromatic N) is 6. The topological polar surface area (TPSA) is 61.4 Å². The fraction of sp³-hybridized carbons (Fsp3) is 0.200. The van der Waals surface area contributed by atoms with Crippen LogP contribution < -0.4 is 0 Å². The van der Waals surface area contributed by atoms with Gasteiger partial charge in [0, 0.05) is 5.75 Å². The summed E-state index contributed by atoms with van der Waals surface area (Å²) < 4.78 is 1.98. The third kappa shape index (κ3) is 3.64. The normalized spacial score (nSPS) is 11.0. The Hall–Kier alpha value is -2.93. The largest absolute Gasteiger partial charge is 0.226 e. The molecular formula is C20H20N6S. The number of aromatic nitrogens is 6. The Bertz CT molecular complexity index is 1040. The Morgan fingerprint density at radius 3 is 2.52 bits per heavy atom. The molecule has 0 atom stereocenters. The number of rotatable bonds is 6. The summed E-state index contributed by atoms with van der Waals surface area (Å²) in [6.45, 7) is 4.77. The average Bonchev–Trinajstić information content (AvgIpc) is 3.34. The van der Waals surface area contributed by atoms with Crippen LogP contribution >= 0.6 is 11.8 Å². The summed E-state index contributed by atoms with van der Waals surface area (Å²) in [5.74, 6) is 1.44. The predicted octanol–water partition coefficient (Wildman–Crippen LogP) is 4.15. The molecule has 0 aliphatic rings. The first-order chi connectivity index (χ1) is 13.3.